The predicted molar refractivity (Wildman–Crippen MR) is 144 cm³/mol. The minimum Gasteiger partial charge on any atom is -0.307 e. The summed E-state index contributed by atoms with van der Waals surface area (Å²) >= 11 is 5.65. The van der Waals surface area contributed by atoms with Gasteiger partial charge in [-0.3, -0.25) is 4.79 Å². The highest BCUT2D eigenvalue weighted by Crippen LogP contribution is 2.41. The van der Waals surface area contributed by atoms with Gasteiger partial charge in [0, 0.05) is 25.3 Å². The molecule has 1 aliphatic heterocycles. The van der Waals surface area contributed by atoms with E-state index in [4.69, 9.17) is 11.6 Å². The molecule has 3 nitrogen and oxygen atoms in total. The van der Waals surface area contributed by atoms with E-state index in [0.29, 0.717) is 18.9 Å². The molecule has 0 bridgehead atoms. The van der Waals surface area contributed by atoms with Gasteiger partial charge in [-0.2, -0.15) is 5.10 Å². The van der Waals surface area contributed by atoms with Gasteiger partial charge in [-0.1, -0.05) is 50.1 Å². The highest BCUT2D eigenvalue weighted by molar-refractivity contribution is 6.30. The van der Waals surface area contributed by atoms with Gasteiger partial charge in [0.2, 0.25) is 0 Å². The summed E-state index contributed by atoms with van der Waals surface area (Å²) in [7, 11) is 0. The lowest BCUT2D eigenvalue weighted by molar-refractivity contribution is -0.119. The molecule has 0 spiro atoms. The fraction of sp³-hybridized carbons (Fsp3) is 0.517. The maximum Gasteiger partial charge on any atom is 0.142 e. The van der Waals surface area contributed by atoms with E-state index in [1.54, 1.807) is 6.07 Å². The van der Waals surface area contributed by atoms with Crippen LogP contribution in [-0.4, -0.2) is 17.5 Å². The Kier molecular flexibility index (Phi) is 13.5. The second-order valence-corrected chi connectivity index (χ2v) is 9.18. The van der Waals surface area contributed by atoms with Crippen LogP contribution in [0.15, 0.2) is 46.6 Å². The first-order valence-electron chi connectivity index (χ1n) is 12.3. The molecule has 1 N–H and O–H groups in total. The molecule has 1 saturated carbocycles. The Balaban J connectivity index is 0.000000318. The van der Waals surface area contributed by atoms with Crippen LogP contribution >= 0.6 is 11.6 Å². The Morgan fingerprint density at radius 3 is 2.38 bits per heavy atom. The van der Waals surface area contributed by atoms with Gasteiger partial charge in [0.15, 0.2) is 0 Å². The van der Waals surface area contributed by atoms with Crippen molar-refractivity contribution >= 4 is 23.1 Å². The van der Waals surface area contributed by atoms with Crippen LogP contribution in [0.5, 0.6) is 0 Å². The van der Waals surface area contributed by atoms with E-state index < -0.39 is 5.82 Å². The van der Waals surface area contributed by atoms with E-state index in [2.05, 4.69) is 63.2 Å². The first-order chi connectivity index (χ1) is 16.3. The highest BCUT2D eigenvalue weighted by Gasteiger charge is 2.30. The number of hydrogen-bond acceptors (Lipinski definition) is 3. The Labute approximate surface area is 210 Å². The number of ketones is 1. The molecular weight excluding hydrogens is 447 g/mol. The molecule has 1 fully saturated rings. The fourth-order valence-corrected chi connectivity index (χ4v) is 4.28. The van der Waals surface area contributed by atoms with Crippen molar-refractivity contribution in [2.24, 2.45) is 11.0 Å². The summed E-state index contributed by atoms with van der Waals surface area (Å²) < 4.78 is 13.4. The zero-order valence-corrected chi connectivity index (χ0v) is 22.1. The van der Waals surface area contributed by atoms with Crippen molar-refractivity contribution in [1.29, 1.82) is 0 Å². The summed E-state index contributed by atoms with van der Waals surface area (Å²) in [5, 5.41) is 4.55. The largest absolute Gasteiger partial charge is 0.307 e. The van der Waals surface area contributed by atoms with Gasteiger partial charge < -0.3 is 5.43 Å². The smallest absolute Gasteiger partial charge is 0.142 e. The number of carbonyl (C=O) groups is 1. The van der Waals surface area contributed by atoms with Crippen LogP contribution in [0.1, 0.15) is 91.0 Å². The number of carbonyl (C=O) groups excluding carboxylic acids is 1. The van der Waals surface area contributed by atoms with Crippen LogP contribution in [0.2, 0.25) is 5.02 Å². The minimum absolute atomic E-state index is 0.110. The van der Waals surface area contributed by atoms with E-state index in [1.807, 2.05) is 13.0 Å². The third-order valence-corrected chi connectivity index (χ3v) is 6.39. The lowest BCUT2D eigenvalue weighted by Gasteiger charge is -2.16. The fourth-order valence-electron chi connectivity index (χ4n) is 4.17. The average Bonchev–Trinajstić information content (AvgIpc) is 3.60. The first kappa shape index (κ1) is 29.7. The summed E-state index contributed by atoms with van der Waals surface area (Å²) in [4.78, 5) is 11.5. The lowest BCUT2D eigenvalue weighted by Crippen LogP contribution is -2.14. The molecule has 186 valence electrons. The number of terminal acetylenes is 1. The van der Waals surface area contributed by atoms with E-state index in [0.717, 1.165) is 30.7 Å². The molecule has 1 heterocycles. The van der Waals surface area contributed by atoms with Crippen LogP contribution in [0.3, 0.4) is 0 Å². The number of allylic oxidation sites excluding steroid dienone is 4. The van der Waals surface area contributed by atoms with E-state index in [-0.39, 0.29) is 16.7 Å². The van der Waals surface area contributed by atoms with Gasteiger partial charge in [-0.15, -0.1) is 12.8 Å². The third kappa shape index (κ3) is 9.11. The van der Waals surface area contributed by atoms with Gasteiger partial charge >= 0.3 is 0 Å². The number of hydrazone groups is 1. The SMILES string of the molecule is C#C.C/C=C(\C(=C/C)C1=NNC(C)C1)C1CC1.CCCC(CC(=O)CC)c1ccc(Cl)c(F)c1. The molecule has 0 radical (unpaired) electrons. The van der Waals surface area contributed by atoms with Crippen molar-refractivity contribution < 1.29 is 9.18 Å². The quantitative estimate of drug-likeness (QED) is 0.283. The Morgan fingerprint density at radius 2 is 1.94 bits per heavy atom. The highest BCUT2D eigenvalue weighted by atomic mass is 35.5. The number of hydrogen-bond donors (Lipinski definition) is 1. The number of halogens is 2. The zero-order chi connectivity index (χ0) is 25.7. The van der Waals surface area contributed by atoms with E-state index >= 15 is 0 Å². The van der Waals surface area contributed by atoms with Crippen molar-refractivity contribution in [2.45, 2.75) is 91.5 Å². The lowest BCUT2D eigenvalue weighted by atomic mass is 9.89. The standard InChI is InChI=1S/C14H18ClFO.C13H20N2.C2H2/c1-3-5-10(8-12(17)4-2)11-6-7-13(15)14(16)9-11;1-4-11(10-6-7-10)12(5-2)13-8-9(3)14-15-13;1-2/h6-7,9-10H,3-5,8H2,1-2H3;4-5,9-10,14H,6-8H2,1-3H3;1-2H/b;11-4-,12-5+;. The van der Waals surface area contributed by atoms with Crippen LogP contribution < -0.4 is 5.43 Å². The van der Waals surface area contributed by atoms with Gasteiger partial charge in [-0.05, 0) is 80.7 Å². The molecule has 3 rings (SSSR count). The van der Waals surface area contributed by atoms with Crippen molar-refractivity contribution in [1.82, 2.24) is 5.43 Å². The minimum atomic E-state index is -0.408. The number of nitrogens with one attached hydrogen (secondary N) is 1. The Bertz CT molecular complexity index is 912. The summed E-state index contributed by atoms with van der Waals surface area (Å²) in [6.07, 6.45) is 19.1. The zero-order valence-electron chi connectivity index (χ0n) is 21.3. The molecule has 34 heavy (non-hydrogen) atoms. The van der Waals surface area contributed by atoms with Crippen molar-refractivity contribution in [2.75, 3.05) is 0 Å². The van der Waals surface area contributed by atoms with Gasteiger partial charge in [-0.25, -0.2) is 4.39 Å². The monoisotopic (exact) mass is 486 g/mol. The van der Waals surface area contributed by atoms with Crippen LogP contribution in [0, 0.1) is 24.6 Å². The molecule has 2 aliphatic rings. The molecule has 2 atom stereocenters. The van der Waals surface area contributed by atoms with Crippen molar-refractivity contribution in [3.8, 4) is 12.8 Å². The normalized spacial score (nSPS) is 18.5. The molecule has 2 unspecified atom stereocenters. The van der Waals surface area contributed by atoms with Crippen LogP contribution in [-0.2, 0) is 4.79 Å². The third-order valence-electron chi connectivity index (χ3n) is 6.08. The molecule has 0 amide bonds. The topological polar surface area (TPSA) is 41.5 Å². The second-order valence-electron chi connectivity index (χ2n) is 8.77. The average molecular weight is 487 g/mol. The summed E-state index contributed by atoms with van der Waals surface area (Å²) in [5.41, 5.74) is 8.13. The molecular formula is C29H40ClFN2O. The van der Waals surface area contributed by atoms with Gasteiger partial charge in [0.05, 0.1) is 10.7 Å². The molecule has 0 saturated heterocycles. The number of nitrogens with zero attached hydrogens (tertiary/aromatic N) is 1. The molecule has 1 aromatic rings. The summed E-state index contributed by atoms with van der Waals surface area (Å²) in [5.74, 6) is 0.729. The summed E-state index contributed by atoms with van der Waals surface area (Å²) in [6.45, 7) is 10.4. The molecule has 1 aromatic carbocycles. The van der Waals surface area contributed by atoms with Gasteiger partial charge in [0.25, 0.3) is 0 Å². The van der Waals surface area contributed by atoms with E-state index in [1.165, 1.54) is 35.8 Å². The number of rotatable bonds is 9. The molecule has 0 aromatic heterocycles. The number of benzene rings is 1. The number of Topliss-reactive ketones (excluding diaryl/α,β-unsaturated/α-hetero) is 1. The van der Waals surface area contributed by atoms with Crippen molar-refractivity contribution in [3.05, 3.63) is 57.9 Å². The van der Waals surface area contributed by atoms with E-state index in [9.17, 15) is 9.18 Å². The maximum absolute atomic E-state index is 13.4. The second kappa shape index (κ2) is 15.5. The summed E-state index contributed by atoms with van der Waals surface area (Å²) in [6, 6.07) is 5.32. The van der Waals surface area contributed by atoms with Crippen molar-refractivity contribution in [3.63, 3.8) is 0 Å². The first-order valence-corrected chi connectivity index (χ1v) is 12.7. The van der Waals surface area contributed by atoms with Gasteiger partial charge in [0.1, 0.15) is 11.6 Å². The Morgan fingerprint density at radius 1 is 1.26 bits per heavy atom. The molecule has 1 aliphatic carbocycles. The molecule has 5 heteroatoms. The Hall–Kier alpha value is -2.38. The van der Waals surface area contributed by atoms with Crippen LogP contribution in [0.4, 0.5) is 4.39 Å². The van der Waals surface area contributed by atoms with Crippen LogP contribution in [0.25, 0.3) is 0 Å². The maximum atomic E-state index is 13.4. The predicted octanol–water partition coefficient (Wildman–Crippen LogP) is 8.01.